The van der Waals surface area contributed by atoms with E-state index in [9.17, 15) is 9.18 Å². The normalized spacial score (nSPS) is 19.8. The predicted molar refractivity (Wildman–Crippen MR) is 124 cm³/mol. The molecule has 0 spiro atoms. The highest BCUT2D eigenvalue weighted by atomic mass is 19.1. The van der Waals surface area contributed by atoms with Gasteiger partial charge in [-0.1, -0.05) is 6.92 Å². The van der Waals surface area contributed by atoms with Crippen molar-refractivity contribution < 1.29 is 9.18 Å². The van der Waals surface area contributed by atoms with Crippen molar-refractivity contribution in [1.82, 2.24) is 20.3 Å². The first-order valence-electron chi connectivity index (χ1n) is 11.3. The number of hydrogen-bond donors (Lipinski definition) is 2. The Morgan fingerprint density at radius 1 is 1.09 bits per heavy atom. The lowest BCUT2D eigenvalue weighted by atomic mass is 9.73. The highest BCUT2D eigenvalue weighted by molar-refractivity contribution is 5.97. The van der Waals surface area contributed by atoms with E-state index in [2.05, 4.69) is 28.3 Å². The fourth-order valence-electron chi connectivity index (χ4n) is 5.18. The van der Waals surface area contributed by atoms with Crippen LogP contribution in [0.2, 0.25) is 0 Å². The van der Waals surface area contributed by atoms with Gasteiger partial charge in [-0.2, -0.15) is 0 Å². The first-order chi connectivity index (χ1) is 15.5. The summed E-state index contributed by atoms with van der Waals surface area (Å²) < 4.78 is 13.9. The average Bonchev–Trinajstić information content (AvgIpc) is 3.26. The molecule has 1 amide bonds. The zero-order chi connectivity index (χ0) is 22.2. The Kier molecular flexibility index (Phi) is 5.37. The molecular weight excluding hydrogens is 403 g/mol. The van der Waals surface area contributed by atoms with E-state index in [-0.39, 0.29) is 11.7 Å². The SMILES string of the molecule is CNC(=O)c1ccc2nc(C(C)C3CCC(c4ccnc5ccc(F)cc45)CC3)[nH]c2c1. The number of halogens is 1. The number of hydrogen-bond acceptors (Lipinski definition) is 3. The molecule has 1 saturated carbocycles. The highest BCUT2D eigenvalue weighted by Crippen LogP contribution is 2.43. The van der Waals surface area contributed by atoms with Crippen molar-refractivity contribution in [2.45, 2.75) is 44.4 Å². The third-order valence-electron chi connectivity index (χ3n) is 7.08. The Morgan fingerprint density at radius 2 is 1.88 bits per heavy atom. The second-order valence-corrected chi connectivity index (χ2v) is 8.90. The first kappa shape index (κ1) is 20.6. The molecule has 1 atom stereocenters. The minimum absolute atomic E-state index is 0.0991. The number of pyridine rings is 1. The minimum atomic E-state index is -0.210. The van der Waals surface area contributed by atoms with Gasteiger partial charge in [-0.15, -0.1) is 0 Å². The Morgan fingerprint density at radius 3 is 2.66 bits per heavy atom. The molecule has 0 saturated heterocycles. The maximum atomic E-state index is 13.9. The molecule has 164 valence electrons. The zero-order valence-electron chi connectivity index (χ0n) is 18.4. The summed E-state index contributed by atoms with van der Waals surface area (Å²) in [5.74, 6) is 1.94. The van der Waals surface area contributed by atoms with Crippen molar-refractivity contribution in [2.75, 3.05) is 7.05 Å². The van der Waals surface area contributed by atoms with Gasteiger partial charge in [-0.25, -0.2) is 9.37 Å². The Bertz CT molecular complexity index is 1290. The van der Waals surface area contributed by atoms with Gasteiger partial charge in [0.15, 0.2) is 0 Å². The molecule has 6 heteroatoms. The molecule has 0 bridgehead atoms. The Balaban J connectivity index is 1.32. The van der Waals surface area contributed by atoms with Gasteiger partial charge < -0.3 is 10.3 Å². The van der Waals surface area contributed by atoms with Gasteiger partial charge in [0.25, 0.3) is 5.91 Å². The van der Waals surface area contributed by atoms with Gasteiger partial charge in [-0.3, -0.25) is 9.78 Å². The van der Waals surface area contributed by atoms with Crippen LogP contribution in [0.3, 0.4) is 0 Å². The van der Waals surface area contributed by atoms with E-state index in [1.165, 1.54) is 11.6 Å². The second-order valence-electron chi connectivity index (χ2n) is 8.90. The predicted octanol–water partition coefficient (Wildman–Crippen LogP) is 5.69. The van der Waals surface area contributed by atoms with Gasteiger partial charge in [0.2, 0.25) is 0 Å². The molecule has 2 heterocycles. The lowest BCUT2D eigenvalue weighted by molar-refractivity contribution is 0.0963. The quantitative estimate of drug-likeness (QED) is 0.437. The van der Waals surface area contributed by atoms with E-state index in [0.717, 1.165) is 53.4 Å². The van der Waals surface area contributed by atoms with Crippen LogP contribution in [0.5, 0.6) is 0 Å². The van der Waals surface area contributed by atoms with Crippen LogP contribution in [-0.4, -0.2) is 27.9 Å². The molecule has 32 heavy (non-hydrogen) atoms. The van der Waals surface area contributed by atoms with Crippen LogP contribution >= 0.6 is 0 Å². The molecule has 1 aliphatic carbocycles. The van der Waals surface area contributed by atoms with Crippen LogP contribution in [0.4, 0.5) is 4.39 Å². The standard InChI is InChI=1S/C26H27FN4O/c1-15(25-30-23-9-7-18(26(32)28-2)13-24(23)31-25)16-3-5-17(6-4-16)20-11-12-29-22-10-8-19(27)14-21(20)22/h7-17H,3-6H2,1-2H3,(H,28,32)(H,30,31). The molecule has 2 aromatic heterocycles. The maximum absolute atomic E-state index is 13.9. The highest BCUT2D eigenvalue weighted by Gasteiger charge is 2.29. The molecule has 1 aliphatic rings. The molecule has 5 nitrogen and oxygen atoms in total. The van der Waals surface area contributed by atoms with Gasteiger partial charge in [0.05, 0.1) is 16.6 Å². The number of aromatic amines is 1. The summed E-state index contributed by atoms with van der Waals surface area (Å²) >= 11 is 0. The summed E-state index contributed by atoms with van der Waals surface area (Å²) in [7, 11) is 1.63. The number of imidazole rings is 1. The summed E-state index contributed by atoms with van der Waals surface area (Å²) in [6, 6.07) is 12.5. The molecule has 5 rings (SSSR count). The molecule has 2 N–H and O–H groups in total. The van der Waals surface area contributed by atoms with Crippen molar-refractivity contribution in [3.05, 3.63) is 71.4 Å². The van der Waals surface area contributed by atoms with Gasteiger partial charge in [0, 0.05) is 30.1 Å². The van der Waals surface area contributed by atoms with Crippen LogP contribution in [-0.2, 0) is 0 Å². The second kappa shape index (κ2) is 8.34. The van der Waals surface area contributed by atoms with Crippen LogP contribution in [0, 0.1) is 11.7 Å². The van der Waals surface area contributed by atoms with E-state index in [1.54, 1.807) is 19.2 Å². The monoisotopic (exact) mass is 430 g/mol. The number of fused-ring (bicyclic) bond motifs is 2. The van der Waals surface area contributed by atoms with E-state index < -0.39 is 0 Å². The molecule has 2 aromatic carbocycles. The number of nitrogens with one attached hydrogen (secondary N) is 2. The largest absolute Gasteiger partial charge is 0.355 e. The zero-order valence-corrected chi connectivity index (χ0v) is 18.4. The van der Waals surface area contributed by atoms with Gasteiger partial charge in [0.1, 0.15) is 11.6 Å². The smallest absolute Gasteiger partial charge is 0.251 e. The third kappa shape index (κ3) is 3.74. The number of carbonyl (C=O) groups is 1. The van der Waals surface area contributed by atoms with Crippen LogP contribution in [0.1, 0.15) is 66.2 Å². The van der Waals surface area contributed by atoms with E-state index in [1.807, 2.05) is 24.4 Å². The number of carbonyl (C=O) groups excluding carboxylic acids is 1. The van der Waals surface area contributed by atoms with E-state index in [4.69, 9.17) is 4.98 Å². The van der Waals surface area contributed by atoms with E-state index >= 15 is 0 Å². The lowest BCUT2D eigenvalue weighted by Gasteiger charge is -2.32. The summed E-state index contributed by atoms with van der Waals surface area (Å²) in [5.41, 5.74) is 4.48. The Labute approximate surface area is 186 Å². The summed E-state index contributed by atoms with van der Waals surface area (Å²) in [6.45, 7) is 2.24. The molecule has 1 unspecified atom stereocenters. The van der Waals surface area contributed by atoms with Crippen molar-refractivity contribution in [2.24, 2.45) is 5.92 Å². The van der Waals surface area contributed by atoms with Gasteiger partial charge >= 0.3 is 0 Å². The minimum Gasteiger partial charge on any atom is -0.355 e. The van der Waals surface area contributed by atoms with Crippen molar-refractivity contribution in [3.8, 4) is 0 Å². The molecule has 1 fully saturated rings. The summed E-state index contributed by atoms with van der Waals surface area (Å²) in [4.78, 5) is 24.6. The third-order valence-corrected chi connectivity index (χ3v) is 7.08. The number of rotatable bonds is 4. The number of benzene rings is 2. The van der Waals surface area contributed by atoms with Gasteiger partial charge in [-0.05, 0) is 85.5 Å². The molecule has 0 aliphatic heterocycles. The summed E-state index contributed by atoms with van der Waals surface area (Å²) in [6.07, 6.45) is 6.19. The maximum Gasteiger partial charge on any atom is 0.251 e. The van der Waals surface area contributed by atoms with Crippen molar-refractivity contribution in [1.29, 1.82) is 0 Å². The number of aromatic nitrogens is 3. The van der Waals surface area contributed by atoms with Crippen LogP contribution in [0.15, 0.2) is 48.7 Å². The number of amides is 1. The molecule has 4 aromatic rings. The van der Waals surface area contributed by atoms with E-state index in [0.29, 0.717) is 23.3 Å². The topological polar surface area (TPSA) is 70.7 Å². The Hall–Kier alpha value is -3.28. The van der Waals surface area contributed by atoms with Crippen molar-refractivity contribution in [3.63, 3.8) is 0 Å². The first-order valence-corrected chi connectivity index (χ1v) is 11.3. The average molecular weight is 431 g/mol. The van der Waals surface area contributed by atoms with Crippen LogP contribution < -0.4 is 5.32 Å². The lowest BCUT2D eigenvalue weighted by Crippen LogP contribution is -2.19. The van der Waals surface area contributed by atoms with Crippen molar-refractivity contribution >= 4 is 27.8 Å². The molecular formula is C26H27FN4O. The van der Waals surface area contributed by atoms with Crippen LogP contribution in [0.25, 0.3) is 21.9 Å². The molecule has 0 radical (unpaired) electrons. The fraction of sp³-hybridized carbons (Fsp3) is 0.346. The number of nitrogens with zero attached hydrogens (tertiary/aromatic N) is 2. The number of H-pyrrole nitrogens is 1. The summed E-state index contributed by atoms with van der Waals surface area (Å²) in [5, 5.41) is 3.60. The fourth-order valence-corrected chi connectivity index (χ4v) is 5.18.